The summed E-state index contributed by atoms with van der Waals surface area (Å²) in [5, 5.41) is 2.78. The second-order valence-electron chi connectivity index (χ2n) is 8.74. The number of hydrogen-bond donors (Lipinski definition) is 1. The highest BCUT2D eigenvalue weighted by molar-refractivity contribution is 5.88. The van der Waals surface area contributed by atoms with Gasteiger partial charge in [0.1, 0.15) is 0 Å². The minimum atomic E-state index is -0.0698. The molecule has 25 heavy (non-hydrogen) atoms. The van der Waals surface area contributed by atoms with Crippen molar-refractivity contribution in [3.8, 4) is 0 Å². The summed E-state index contributed by atoms with van der Waals surface area (Å²) >= 11 is 0. The SMILES string of the molecule is CC(=O)Nc1ccc(CN(C)C(=O)C23CC4CC(CC(C4)C2)C3)cc1. The predicted octanol–water partition coefficient (Wildman–Crippen LogP) is 3.82. The largest absolute Gasteiger partial charge is 0.341 e. The Hall–Kier alpha value is -1.84. The van der Waals surface area contributed by atoms with Gasteiger partial charge in [-0.15, -0.1) is 0 Å². The van der Waals surface area contributed by atoms with E-state index in [0.29, 0.717) is 12.5 Å². The van der Waals surface area contributed by atoms with E-state index in [1.165, 1.54) is 26.2 Å². The number of amides is 2. The predicted molar refractivity (Wildman–Crippen MR) is 97.8 cm³/mol. The number of carbonyl (C=O) groups is 2. The first kappa shape index (κ1) is 16.6. The van der Waals surface area contributed by atoms with Gasteiger partial charge in [-0.2, -0.15) is 0 Å². The molecule has 0 saturated heterocycles. The molecule has 4 fully saturated rings. The van der Waals surface area contributed by atoms with Crippen molar-refractivity contribution in [3.05, 3.63) is 29.8 Å². The van der Waals surface area contributed by atoms with Crippen LogP contribution >= 0.6 is 0 Å². The monoisotopic (exact) mass is 340 g/mol. The molecule has 1 aromatic carbocycles. The van der Waals surface area contributed by atoms with Gasteiger partial charge in [-0.25, -0.2) is 0 Å². The molecule has 0 spiro atoms. The van der Waals surface area contributed by atoms with Crippen LogP contribution in [0, 0.1) is 23.2 Å². The summed E-state index contributed by atoms with van der Waals surface area (Å²) in [5.41, 5.74) is 1.83. The Balaban J connectivity index is 1.43. The molecule has 0 radical (unpaired) electrons. The third kappa shape index (κ3) is 3.19. The number of rotatable bonds is 4. The molecule has 0 unspecified atom stereocenters. The Kier molecular flexibility index (Phi) is 4.09. The van der Waals surface area contributed by atoms with Crippen LogP contribution in [-0.4, -0.2) is 23.8 Å². The van der Waals surface area contributed by atoms with E-state index in [0.717, 1.165) is 48.3 Å². The van der Waals surface area contributed by atoms with E-state index in [-0.39, 0.29) is 11.3 Å². The minimum Gasteiger partial charge on any atom is -0.341 e. The summed E-state index contributed by atoms with van der Waals surface area (Å²) in [4.78, 5) is 26.3. The van der Waals surface area contributed by atoms with Crippen LogP contribution < -0.4 is 5.32 Å². The topological polar surface area (TPSA) is 49.4 Å². The summed E-state index contributed by atoms with van der Waals surface area (Å²) in [6.07, 6.45) is 7.43. The lowest BCUT2D eigenvalue weighted by molar-refractivity contribution is -0.156. The average molecular weight is 340 g/mol. The number of carbonyl (C=O) groups excluding carboxylic acids is 2. The highest BCUT2D eigenvalue weighted by Gasteiger charge is 2.55. The van der Waals surface area contributed by atoms with Gasteiger partial charge in [0.2, 0.25) is 11.8 Å². The van der Waals surface area contributed by atoms with Crippen molar-refractivity contribution in [1.82, 2.24) is 4.90 Å². The third-order valence-corrected chi connectivity index (χ3v) is 6.53. The number of nitrogens with one attached hydrogen (secondary N) is 1. The van der Waals surface area contributed by atoms with E-state index in [1.807, 2.05) is 36.2 Å². The molecule has 0 aromatic heterocycles. The fraction of sp³-hybridized carbons (Fsp3) is 0.619. The van der Waals surface area contributed by atoms with Gasteiger partial charge in [0.15, 0.2) is 0 Å². The van der Waals surface area contributed by atoms with Crippen molar-refractivity contribution >= 4 is 17.5 Å². The second kappa shape index (κ2) is 6.15. The van der Waals surface area contributed by atoms with Crippen LogP contribution in [0.15, 0.2) is 24.3 Å². The fourth-order valence-corrected chi connectivity index (χ4v) is 6.02. The summed E-state index contributed by atoms with van der Waals surface area (Å²) in [6.45, 7) is 2.15. The zero-order valence-electron chi connectivity index (χ0n) is 15.3. The first-order valence-corrected chi connectivity index (χ1v) is 9.56. The van der Waals surface area contributed by atoms with Crippen LogP contribution in [-0.2, 0) is 16.1 Å². The zero-order chi connectivity index (χ0) is 17.6. The maximum absolute atomic E-state index is 13.3. The highest BCUT2D eigenvalue weighted by atomic mass is 16.2. The van der Waals surface area contributed by atoms with Crippen molar-refractivity contribution in [1.29, 1.82) is 0 Å². The fourth-order valence-electron chi connectivity index (χ4n) is 6.02. The van der Waals surface area contributed by atoms with E-state index < -0.39 is 0 Å². The number of benzene rings is 1. The third-order valence-electron chi connectivity index (χ3n) is 6.53. The van der Waals surface area contributed by atoms with E-state index in [2.05, 4.69) is 5.32 Å². The lowest BCUT2D eigenvalue weighted by atomic mass is 9.49. The van der Waals surface area contributed by atoms with Gasteiger partial charge in [-0.3, -0.25) is 9.59 Å². The Morgan fingerprint density at radius 2 is 1.56 bits per heavy atom. The maximum atomic E-state index is 13.3. The number of nitrogens with zero attached hydrogens (tertiary/aromatic N) is 1. The summed E-state index contributed by atoms with van der Waals surface area (Å²) in [5.74, 6) is 2.67. The quantitative estimate of drug-likeness (QED) is 0.906. The van der Waals surface area contributed by atoms with Gasteiger partial charge in [0.05, 0.1) is 5.41 Å². The summed E-state index contributed by atoms with van der Waals surface area (Å²) < 4.78 is 0. The van der Waals surface area contributed by atoms with Crippen LogP contribution in [0.2, 0.25) is 0 Å². The first-order valence-electron chi connectivity index (χ1n) is 9.56. The smallest absolute Gasteiger partial charge is 0.228 e. The molecule has 4 bridgehead atoms. The van der Waals surface area contributed by atoms with Crippen LogP contribution in [0.3, 0.4) is 0 Å². The van der Waals surface area contributed by atoms with Gasteiger partial charge in [-0.05, 0) is 74.0 Å². The number of anilines is 1. The molecule has 1 N–H and O–H groups in total. The normalized spacial score (nSPS) is 32.5. The molecule has 4 aliphatic carbocycles. The van der Waals surface area contributed by atoms with Crippen LogP contribution in [0.4, 0.5) is 5.69 Å². The standard InChI is InChI=1S/C21H28N2O2/c1-14(24)22-19-5-3-15(4-6-19)13-23(2)20(25)21-10-16-7-17(11-21)9-18(8-16)12-21/h3-6,16-18H,7-13H2,1-2H3,(H,22,24). The number of hydrogen-bond acceptors (Lipinski definition) is 2. The van der Waals surface area contributed by atoms with Gasteiger partial charge >= 0.3 is 0 Å². The molecule has 2 amide bonds. The maximum Gasteiger partial charge on any atom is 0.228 e. The Bertz CT molecular complexity index is 644. The Morgan fingerprint density at radius 3 is 2.04 bits per heavy atom. The Labute approximate surface area is 150 Å². The molecule has 0 heterocycles. The average Bonchev–Trinajstić information content (AvgIpc) is 2.54. The molecule has 134 valence electrons. The molecule has 0 atom stereocenters. The van der Waals surface area contributed by atoms with Crippen molar-refractivity contribution in [2.45, 2.75) is 52.0 Å². The molecule has 4 nitrogen and oxygen atoms in total. The Morgan fingerprint density at radius 1 is 1.04 bits per heavy atom. The second-order valence-corrected chi connectivity index (χ2v) is 8.74. The van der Waals surface area contributed by atoms with Crippen molar-refractivity contribution in [3.63, 3.8) is 0 Å². The summed E-state index contributed by atoms with van der Waals surface area (Å²) in [7, 11) is 1.95. The summed E-state index contributed by atoms with van der Waals surface area (Å²) in [6, 6.07) is 7.79. The van der Waals surface area contributed by atoms with E-state index in [4.69, 9.17) is 0 Å². The van der Waals surface area contributed by atoms with E-state index in [1.54, 1.807) is 0 Å². The minimum absolute atomic E-state index is 0.0677. The molecule has 5 rings (SSSR count). The van der Waals surface area contributed by atoms with Crippen LogP contribution in [0.5, 0.6) is 0 Å². The molecule has 4 saturated carbocycles. The van der Waals surface area contributed by atoms with Crippen LogP contribution in [0.25, 0.3) is 0 Å². The van der Waals surface area contributed by atoms with Gasteiger partial charge in [-0.1, -0.05) is 12.1 Å². The van der Waals surface area contributed by atoms with Gasteiger partial charge in [0.25, 0.3) is 0 Å². The molecule has 0 aliphatic heterocycles. The van der Waals surface area contributed by atoms with Gasteiger partial charge in [0, 0.05) is 26.2 Å². The van der Waals surface area contributed by atoms with E-state index in [9.17, 15) is 9.59 Å². The van der Waals surface area contributed by atoms with Crippen molar-refractivity contribution in [2.75, 3.05) is 12.4 Å². The van der Waals surface area contributed by atoms with Crippen LogP contribution in [0.1, 0.15) is 51.0 Å². The molecular weight excluding hydrogens is 312 g/mol. The molecule has 1 aromatic rings. The lowest BCUT2D eigenvalue weighted by Gasteiger charge is -2.56. The van der Waals surface area contributed by atoms with Crippen molar-refractivity contribution < 1.29 is 9.59 Å². The first-order chi connectivity index (χ1) is 11.9. The highest BCUT2D eigenvalue weighted by Crippen LogP contribution is 2.60. The zero-order valence-corrected chi connectivity index (χ0v) is 15.3. The molecular formula is C21H28N2O2. The molecule has 4 heteroatoms. The van der Waals surface area contributed by atoms with Crippen molar-refractivity contribution in [2.24, 2.45) is 23.2 Å². The van der Waals surface area contributed by atoms with E-state index >= 15 is 0 Å². The van der Waals surface area contributed by atoms with Gasteiger partial charge < -0.3 is 10.2 Å². The lowest BCUT2D eigenvalue weighted by Crippen LogP contribution is -2.53. The molecule has 4 aliphatic rings.